The first-order chi connectivity index (χ1) is 9.52. The lowest BCUT2D eigenvalue weighted by Gasteiger charge is -2.09. The summed E-state index contributed by atoms with van der Waals surface area (Å²) in [5.41, 5.74) is 7.08. The minimum absolute atomic E-state index is 0.121. The second-order valence-electron chi connectivity index (χ2n) is 4.27. The van der Waals surface area contributed by atoms with Crippen LogP contribution in [0.15, 0.2) is 36.5 Å². The van der Waals surface area contributed by atoms with Crippen LogP contribution in [0.4, 0.5) is 11.4 Å². The lowest BCUT2D eigenvalue weighted by molar-refractivity contribution is -0.384. The molecule has 2 aromatic rings. The Morgan fingerprint density at radius 1 is 1.45 bits per heavy atom. The average molecular weight is 274 g/mol. The Kier molecular flexibility index (Phi) is 3.81. The van der Waals surface area contributed by atoms with Crippen molar-refractivity contribution in [2.24, 2.45) is 12.8 Å². The number of hydrogen-bond donors (Lipinski definition) is 2. The maximum absolute atomic E-state index is 12.1. The van der Waals surface area contributed by atoms with E-state index >= 15 is 0 Å². The number of para-hydroxylation sites is 1. The fourth-order valence-corrected chi connectivity index (χ4v) is 1.88. The van der Waals surface area contributed by atoms with Gasteiger partial charge in [0.2, 0.25) is 0 Å². The average Bonchev–Trinajstić information content (AvgIpc) is 2.82. The van der Waals surface area contributed by atoms with Crippen LogP contribution in [0.5, 0.6) is 0 Å². The minimum atomic E-state index is -0.537. The summed E-state index contributed by atoms with van der Waals surface area (Å²) in [6.45, 7) is 0.295. The number of benzene rings is 1. The van der Waals surface area contributed by atoms with E-state index in [1.807, 2.05) is 12.1 Å². The van der Waals surface area contributed by atoms with Crippen molar-refractivity contribution in [3.63, 3.8) is 0 Å². The number of amides is 1. The Labute approximate surface area is 115 Å². The van der Waals surface area contributed by atoms with Gasteiger partial charge in [-0.1, -0.05) is 18.2 Å². The maximum atomic E-state index is 12.1. The molecule has 0 unspecified atom stereocenters. The van der Waals surface area contributed by atoms with E-state index < -0.39 is 10.8 Å². The van der Waals surface area contributed by atoms with Gasteiger partial charge in [0.1, 0.15) is 5.69 Å². The van der Waals surface area contributed by atoms with Crippen molar-refractivity contribution in [3.8, 4) is 0 Å². The van der Waals surface area contributed by atoms with Crippen LogP contribution < -0.4 is 11.1 Å². The molecule has 1 aromatic heterocycles. The molecule has 0 bridgehead atoms. The van der Waals surface area contributed by atoms with E-state index in [0.29, 0.717) is 12.2 Å². The predicted molar refractivity (Wildman–Crippen MR) is 74.4 cm³/mol. The molecule has 0 radical (unpaired) electrons. The monoisotopic (exact) mass is 274 g/mol. The van der Waals surface area contributed by atoms with E-state index in [-0.39, 0.29) is 11.4 Å². The second kappa shape index (κ2) is 5.54. The number of rotatable bonds is 4. The van der Waals surface area contributed by atoms with E-state index in [0.717, 1.165) is 5.56 Å². The molecular weight excluding hydrogens is 260 g/mol. The van der Waals surface area contributed by atoms with Gasteiger partial charge in [-0.05, 0) is 11.6 Å². The summed E-state index contributed by atoms with van der Waals surface area (Å²) in [7, 11) is 1.58. The van der Waals surface area contributed by atoms with Gasteiger partial charge < -0.3 is 15.6 Å². The smallest absolute Gasteiger partial charge is 0.287 e. The summed E-state index contributed by atoms with van der Waals surface area (Å²) >= 11 is 0. The van der Waals surface area contributed by atoms with Crippen LogP contribution in [-0.4, -0.2) is 15.4 Å². The Morgan fingerprint density at radius 3 is 2.75 bits per heavy atom. The third-order valence-corrected chi connectivity index (χ3v) is 2.92. The van der Waals surface area contributed by atoms with Gasteiger partial charge in [-0.15, -0.1) is 0 Å². The quantitative estimate of drug-likeness (QED) is 0.653. The van der Waals surface area contributed by atoms with Crippen LogP contribution >= 0.6 is 0 Å². The number of nitro groups is 1. The SMILES string of the molecule is Cn1cc([N+](=O)[O-])cc1C(=O)Nc1ccccc1CN. The highest BCUT2D eigenvalue weighted by Crippen LogP contribution is 2.19. The van der Waals surface area contributed by atoms with Crippen LogP contribution in [-0.2, 0) is 13.6 Å². The van der Waals surface area contributed by atoms with Crippen LogP contribution in [0.25, 0.3) is 0 Å². The molecule has 7 heteroatoms. The highest BCUT2D eigenvalue weighted by atomic mass is 16.6. The van der Waals surface area contributed by atoms with E-state index in [4.69, 9.17) is 5.73 Å². The molecule has 1 heterocycles. The zero-order valence-electron chi connectivity index (χ0n) is 10.9. The highest BCUT2D eigenvalue weighted by molar-refractivity contribution is 6.04. The fourth-order valence-electron chi connectivity index (χ4n) is 1.88. The van der Waals surface area contributed by atoms with Gasteiger partial charge in [-0.2, -0.15) is 0 Å². The molecule has 1 aromatic carbocycles. The summed E-state index contributed by atoms with van der Waals surface area (Å²) in [4.78, 5) is 22.3. The van der Waals surface area contributed by atoms with Gasteiger partial charge in [-0.25, -0.2) is 0 Å². The van der Waals surface area contributed by atoms with Crippen molar-refractivity contribution in [1.82, 2.24) is 4.57 Å². The van der Waals surface area contributed by atoms with Crippen molar-refractivity contribution in [1.29, 1.82) is 0 Å². The molecule has 0 saturated heterocycles. The van der Waals surface area contributed by atoms with E-state index in [2.05, 4.69) is 5.32 Å². The number of anilines is 1. The minimum Gasteiger partial charge on any atom is -0.340 e. The van der Waals surface area contributed by atoms with Gasteiger partial charge >= 0.3 is 0 Å². The van der Waals surface area contributed by atoms with E-state index in [1.165, 1.54) is 16.8 Å². The van der Waals surface area contributed by atoms with Crippen molar-refractivity contribution >= 4 is 17.3 Å². The predicted octanol–water partition coefficient (Wildman–Crippen LogP) is 1.64. The molecule has 0 aliphatic rings. The van der Waals surface area contributed by atoms with Crippen molar-refractivity contribution < 1.29 is 9.72 Å². The van der Waals surface area contributed by atoms with Crippen LogP contribution in [0.2, 0.25) is 0 Å². The number of carbonyl (C=O) groups excluding carboxylic acids is 1. The number of carbonyl (C=O) groups is 1. The van der Waals surface area contributed by atoms with Crippen molar-refractivity contribution in [2.75, 3.05) is 5.32 Å². The molecule has 0 spiro atoms. The molecule has 0 aliphatic carbocycles. The number of aryl methyl sites for hydroxylation is 1. The molecular formula is C13H14N4O3. The molecule has 7 nitrogen and oxygen atoms in total. The first-order valence-corrected chi connectivity index (χ1v) is 5.93. The molecule has 0 fully saturated rings. The fraction of sp³-hybridized carbons (Fsp3) is 0.154. The normalized spacial score (nSPS) is 10.3. The largest absolute Gasteiger partial charge is 0.340 e. The molecule has 2 rings (SSSR count). The van der Waals surface area contributed by atoms with Gasteiger partial charge in [0.25, 0.3) is 11.6 Å². The summed E-state index contributed by atoms with van der Waals surface area (Å²) in [5.74, 6) is -0.415. The number of nitrogens with one attached hydrogen (secondary N) is 1. The molecule has 3 N–H and O–H groups in total. The first kappa shape index (κ1) is 13.8. The zero-order chi connectivity index (χ0) is 14.7. The Bertz CT molecular complexity index is 663. The van der Waals surface area contributed by atoms with Gasteiger partial charge in [-0.3, -0.25) is 14.9 Å². The maximum Gasteiger partial charge on any atom is 0.287 e. The summed E-state index contributed by atoms with van der Waals surface area (Å²) in [5, 5.41) is 13.4. The van der Waals surface area contributed by atoms with Crippen LogP contribution in [0.3, 0.4) is 0 Å². The molecule has 0 saturated carbocycles. The van der Waals surface area contributed by atoms with Crippen LogP contribution in [0, 0.1) is 10.1 Å². The molecule has 0 atom stereocenters. The summed E-state index contributed by atoms with van der Waals surface area (Å²) < 4.78 is 1.42. The molecule has 104 valence electrons. The topological polar surface area (TPSA) is 103 Å². The third kappa shape index (κ3) is 2.67. The van der Waals surface area contributed by atoms with Gasteiger partial charge in [0.15, 0.2) is 0 Å². The molecule has 0 aliphatic heterocycles. The standard InChI is InChI=1S/C13H14N4O3/c1-16-8-10(17(19)20)6-12(16)13(18)15-11-5-3-2-4-9(11)7-14/h2-6,8H,7,14H2,1H3,(H,15,18). The van der Waals surface area contributed by atoms with Crippen molar-refractivity contribution in [3.05, 3.63) is 57.9 Å². The first-order valence-electron chi connectivity index (χ1n) is 5.93. The second-order valence-corrected chi connectivity index (χ2v) is 4.27. The number of nitrogens with zero attached hydrogens (tertiary/aromatic N) is 2. The molecule has 20 heavy (non-hydrogen) atoms. The van der Waals surface area contributed by atoms with E-state index in [9.17, 15) is 14.9 Å². The lowest BCUT2D eigenvalue weighted by atomic mass is 10.2. The number of nitrogens with two attached hydrogens (primary N) is 1. The van der Waals surface area contributed by atoms with Gasteiger partial charge in [0, 0.05) is 25.3 Å². The third-order valence-electron chi connectivity index (χ3n) is 2.92. The van der Waals surface area contributed by atoms with Crippen molar-refractivity contribution in [2.45, 2.75) is 6.54 Å². The number of hydrogen-bond acceptors (Lipinski definition) is 4. The Balaban J connectivity index is 2.26. The summed E-state index contributed by atoms with van der Waals surface area (Å²) in [6.07, 6.45) is 1.30. The van der Waals surface area contributed by atoms with E-state index in [1.54, 1.807) is 19.2 Å². The number of aromatic nitrogens is 1. The van der Waals surface area contributed by atoms with Crippen LogP contribution in [0.1, 0.15) is 16.1 Å². The van der Waals surface area contributed by atoms with Gasteiger partial charge in [0.05, 0.1) is 11.1 Å². The zero-order valence-corrected chi connectivity index (χ0v) is 10.9. The Hall–Kier alpha value is -2.67. The lowest BCUT2D eigenvalue weighted by Crippen LogP contribution is -2.17. The Morgan fingerprint density at radius 2 is 2.15 bits per heavy atom. The molecule has 1 amide bonds. The highest BCUT2D eigenvalue weighted by Gasteiger charge is 2.18. The summed E-state index contributed by atoms with van der Waals surface area (Å²) in [6, 6.07) is 8.38.